The number of aliphatic hydroxyl groups is 1. The highest BCUT2D eigenvalue weighted by molar-refractivity contribution is 4.89. The summed E-state index contributed by atoms with van der Waals surface area (Å²) in [4.78, 5) is 2.43. The molecule has 0 aliphatic carbocycles. The lowest BCUT2D eigenvalue weighted by Crippen LogP contribution is -2.52. The predicted molar refractivity (Wildman–Crippen MR) is 59.4 cm³/mol. The van der Waals surface area contributed by atoms with E-state index < -0.39 is 5.60 Å². The first-order chi connectivity index (χ1) is 6.33. The maximum atomic E-state index is 10.0. The lowest BCUT2D eigenvalue weighted by molar-refractivity contribution is -0.0530. The molecule has 2 N–H and O–H groups in total. The minimum atomic E-state index is -0.613. The van der Waals surface area contributed by atoms with Crippen molar-refractivity contribution in [1.29, 1.82) is 0 Å². The van der Waals surface area contributed by atoms with Crippen molar-refractivity contribution in [3.63, 3.8) is 0 Å². The normalized spacial score (nSPS) is 21.2. The highest BCUT2D eigenvalue weighted by Gasteiger charge is 2.36. The molecule has 0 aromatic heterocycles. The third-order valence-electron chi connectivity index (χ3n) is 3.48. The average molecular weight is 200 g/mol. The minimum Gasteiger partial charge on any atom is -0.390 e. The molecule has 0 aromatic rings. The zero-order chi connectivity index (χ0) is 10.8. The Bertz CT molecular complexity index is 178. The lowest BCUT2D eigenvalue weighted by Gasteiger charge is -2.42. The summed E-state index contributed by atoms with van der Waals surface area (Å²) in [6.45, 7) is 13.4. The number of hydrogen-bond acceptors (Lipinski definition) is 3. The Morgan fingerprint density at radius 1 is 1.14 bits per heavy atom. The largest absolute Gasteiger partial charge is 0.390 e. The lowest BCUT2D eigenvalue weighted by atomic mass is 9.77. The van der Waals surface area contributed by atoms with Gasteiger partial charge >= 0.3 is 0 Å². The molecule has 0 bridgehead atoms. The van der Waals surface area contributed by atoms with Crippen molar-refractivity contribution in [2.75, 3.05) is 32.7 Å². The SMILES string of the molecule is CC(C)(O)C(C)(C)CN1CCNCC1. The molecule has 0 saturated carbocycles. The second-order valence-electron chi connectivity index (χ2n) is 5.47. The molecule has 0 atom stereocenters. The first-order valence-electron chi connectivity index (χ1n) is 5.48. The van der Waals surface area contributed by atoms with Gasteiger partial charge in [0.05, 0.1) is 5.60 Å². The van der Waals surface area contributed by atoms with Crippen molar-refractivity contribution in [3.8, 4) is 0 Å². The standard InChI is InChI=1S/C11H24N2O/c1-10(2,11(3,4)14)9-13-7-5-12-6-8-13/h12,14H,5-9H2,1-4H3. The fourth-order valence-corrected chi connectivity index (χ4v) is 1.62. The quantitative estimate of drug-likeness (QED) is 0.703. The topological polar surface area (TPSA) is 35.5 Å². The predicted octanol–water partition coefficient (Wildman–Crippen LogP) is 0.689. The molecule has 3 nitrogen and oxygen atoms in total. The highest BCUT2D eigenvalue weighted by atomic mass is 16.3. The van der Waals surface area contributed by atoms with E-state index >= 15 is 0 Å². The van der Waals surface area contributed by atoms with Crippen molar-refractivity contribution in [3.05, 3.63) is 0 Å². The van der Waals surface area contributed by atoms with Gasteiger partial charge in [0.2, 0.25) is 0 Å². The van der Waals surface area contributed by atoms with E-state index in [1.165, 1.54) is 0 Å². The number of piperazine rings is 1. The van der Waals surface area contributed by atoms with E-state index in [4.69, 9.17) is 0 Å². The molecular weight excluding hydrogens is 176 g/mol. The summed E-state index contributed by atoms with van der Waals surface area (Å²) in [5.41, 5.74) is -0.664. The summed E-state index contributed by atoms with van der Waals surface area (Å²) in [6, 6.07) is 0. The molecule has 0 amide bonds. The van der Waals surface area contributed by atoms with Crippen LogP contribution in [0.15, 0.2) is 0 Å². The molecule has 14 heavy (non-hydrogen) atoms. The number of nitrogens with zero attached hydrogens (tertiary/aromatic N) is 1. The Kier molecular flexibility index (Phi) is 3.56. The van der Waals surface area contributed by atoms with Gasteiger partial charge in [-0.05, 0) is 13.8 Å². The van der Waals surface area contributed by atoms with E-state index in [0.29, 0.717) is 0 Å². The van der Waals surface area contributed by atoms with Crippen LogP contribution in [0.3, 0.4) is 0 Å². The number of rotatable bonds is 3. The van der Waals surface area contributed by atoms with Gasteiger partial charge in [0.15, 0.2) is 0 Å². The maximum absolute atomic E-state index is 10.0. The first kappa shape index (κ1) is 12.0. The van der Waals surface area contributed by atoms with Crippen LogP contribution in [-0.2, 0) is 0 Å². The van der Waals surface area contributed by atoms with E-state index in [-0.39, 0.29) is 5.41 Å². The van der Waals surface area contributed by atoms with Gasteiger partial charge in [-0.15, -0.1) is 0 Å². The Morgan fingerprint density at radius 3 is 2.07 bits per heavy atom. The molecule has 1 fully saturated rings. The molecule has 1 saturated heterocycles. The van der Waals surface area contributed by atoms with Crippen LogP contribution in [0.1, 0.15) is 27.7 Å². The summed E-state index contributed by atoms with van der Waals surface area (Å²) in [7, 11) is 0. The van der Waals surface area contributed by atoms with Crippen LogP contribution in [0.4, 0.5) is 0 Å². The summed E-state index contributed by atoms with van der Waals surface area (Å²) in [5, 5.41) is 13.4. The van der Waals surface area contributed by atoms with Crippen LogP contribution in [0, 0.1) is 5.41 Å². The van der Waals surface area contributed by atoms with E-state index in [0.717, 1.165) is 32.7 Å². The summed E-state index contributed by atoms with van der Waals surface area (Å²) >= 11 is 0. The zero-order valence-electron chi connectivity index (χ0n) is 9.93. The first-order valence-corrected chi connectivity index (χ1v) is 5.48. The fraction of sp³-hybridized carbons (Fsp3) is 1.00. The molecule has 1 heterocycles. The third kappa shape index (κ3) is 2.94. The van der Waals surface area contributed by atoms with Gasteiger partial charge in [-0.1, -0.05) is 13.8 Å². The van der Waals surface area contributed by atoms with Crippen molar-refractivity contribution in [2.45, 2.75) is 33.3 Å². The van der Waals surface area contributed by atoms with Crippen LogP contribution in [0.25, 0.3) is 0 Å². The molecule has 3 heteroatoms. The van der Waals surface area contributed by atoms with Crippen LogP contribution >= 0.6 is 0 Å². The van der Waals surface area contributed by atoms with Crippen LogP contribution < -0.4 is 5.32 Å². The van der Waals surface area contributed by atoms with Gasteiger partial charge < -0.3 is 15.3 Å². The molecule has 84 valence electrons. The smallest absolute Gasteiger partial charge is 0.0654 e. The van der Waals surface area contributed by atoms with Crippen molar-refractivity contribution in [2.24, 2.45) is 5.41 Å². The Balaban J connectivity index is 2.49. The summed E-state index contributed by atoms with van der Waals surface area (Å²) in [5.74, 6) is 0. The zero-order valence-corrected chi connectivity index (χ0v) is 9.93. The molecule has 0 unspecified atom stereocenters. The van der Waals surface area contributed by atoms with Crippen LogP contribution in [0.5, 0.6) is 0 Å². The molecule has 0 aromatic carbocycles. The van der Waals surface area contributed by atoms with E-state index in [1.807, 2.05) is 13.8 Å². The van der Waals surface area contributed by atoms with Crippen LogP contribution in [0.2, 0.25) is 0 Å². The van der Waals surface area contributed by atoms with Gasteiger partial charge in [-0.25, -0.2) is 0 Å². The molecule has 1 aliphatic rings. The average Bonchev–Trinajstić information content (AvgIpc) is 2.03. The Morgan fingerprint density at radius 2 is 1.64 bits per heavy atom. The fourth-order valence-electron chi connectivity index (χ4n) is 1.62. The second kappa shape index (κ2) is 4.17. The molecule has 1 rings (SSSR count). The monoisotopic (exact) mass is 200 g/mol. The van der Waals surface area contributed by atoms with Gasteiger partial charge in [0.25, 0.3) is 0 Å². The number of nitrogens with one attached hydrogen (secondary N) is 1. The minimum absolute atomic E-state index is 0.0513. The molecular formula is C11H24N2O. The molecule has 0 spiro atoms. The second-order valence-corrected chi connectivity index (χ2v) is 5.47. The molecule has 1 aliphatic heterocycles. The van der Waals surface area contributed by atoms with E-state index in [2.05, 4.69) is 24.1 Å². The molecule has 0 radical (unpaired) electrons. The third-order valence-corrected chi connectivity index (χ3v) is 3.48. The van der Waals surface area contributed by atoms with Gasteiger partial charge in [0, 0.05) is 38.1 Å². The Labute approximate surface area is 87.5 Å². The van der Waals surface area contributed by atoms with E-state index in [1.54, 1.807) is 0 Å². The Hall–Kier alpha value is -0.120. The highest BCUT2D eigenvalue weighted by Crippen LogP contribution is 2.31. The summed E-state index contributed by atoms with van der Waals surface area (Å²) in [6.07, 6.45) is 0. The van der Waals surface area contributed by atoms with Crippen molar-refractivity contribution >= 4 is 0 Å². The van der Waals surface area contributed by atoms with Crippen molar-refractivity contribution < 1.29 is 5.11 Å². The van der Waals surface area contributed by atoms with Gasteiger partial charge in [-0.3, -0.25) is 0 Å². The van der Waals surface area contributed by atoms with Gasteiger partial charge in [-0.2, -0.15) is 0 Å². The van der Waals surface area contributed by atoms with Gasteiger partial charge in [0.1, 0.15) is 0 Å². The summed E-state index contributed by atoms with van der Waals surface area (Å²) < 4.78 is 0. The van der Waals surface area contributed by atoms with E-state index in [9.17, 15) is 5.11 Å². The maximum Gasteiger partial charge on any atom is 0.0654 e. The van der Waals surface area contributed by atoms with Crippen LogP contribution in [-0.4, -0.2) is 48.3 Å². The van der Waals surface area contributed by atoms with Crippen molar-refractivity contribution in [1.82, 2.24) is 10.2 Å². The number of hydrogen-bond donors (Lipinski definition) is 2.